The van der Waals surface area contributed by atoms with Crippen LogP contribution in [0.15, 0.2) is 42.5 Å². The van der Waals surface area contributed by atoms with E-state index in [-0.39, 0.29) is 47.2 Å². The molecule has 2 aromatic carbocycles. The first-order valence-electron chi connectivity index (χ1n) is 13.2. The molecule has 1 atom stereocenters. The van der Waals surface area contributed by atoms with Crippen LogP contribution in [-0.2, 0) is 10.2 Å². The lowest BCUT2D eigenvalue weighted by Crippen LogP contribution is -2.27. The summed E-state index contributed by atoms with van der Waals surface area (Å²) in [6.45, 7) is 6.70. The van der Waals surface area contributed by atoms with Gasteiger partial charge in [-0.05, 0) is 55.0 Å². The average Bonchev–Trinajstić information content (AvgIpc) is 3.49. The number of Topliss-reactive ketones (excluding diaryl/α,β-unsaturated/α-hetero) is 2. The van der Waals surface area contributed by atoms with Crippen LogP contribution in [-0.4, -0.2) is 48.8 Å². The fourth-order valence-electron chi connectivity index (χ4n) is 4.92. The number of nitrogens with zero attached hydrogens (tertiary/aromatic N) is 1. The van der Waals surface area contributed by atoms with Gasteiger partial charge in [-0.2, -0.15) is 0 Å². The Kier molecular flexibility index (Phi) is 7.31. The van der Waals surface area contributed by atoms with Gasteiger partial charge in [0.1, 0.15) is 23.0 Å². The summed E-state index contributed by atoms with van der Waals surface area (Å²) in [4.78, 5) is 42.8. The third kappa shape index (κ3) is 5.28. The van der Waals surface area contributed by atoms with Crippen molar-refractivity contribution in [1.82, 2.24) is 10.3 Å². The van der Waals surface area contributed by atoms with Gasteiger partial charge in [0.25, 0.3) is 5.91 Å². The van der Waals surface area contributed by atoms with Gasteiger partial charge in [0.15, 0.2) is 29.2 Å². The van der Waals surface area contributed by atoms with Gasteiger partial charge in [-0.15, -0.1) is 0 Å². The summed E-state index contributed by atoms with van der Waals surface area (Å²) >= 11 is 0. The van der Waals surface area contributed by atoms with Gasteiger partial charge in [0.05, 0.1) is 13.7 Å². The van der Waals surface area contributed by atoms with Crippen LogP contribution < -0.4 is 19.5 Å². The molecule has 9 heteroatoms. The quantitative estimate of drug-likeness (QED) is 0.377. The fraction of sp³-hybridized carbons (Fsp3) is 0.355. The molecule has 1 N–H and O–H groups in total. The van der Waals surface area contributed by atoms with Crippen molar-refractivity contribution in [2.45, 2.75) is 51.6 Å². The maximum absolute atomic E-state index is 13.9. The number of benzene rings is 2. The Morgan fingerprint density at radius 3 is 2.58 bits per heavy atom. The fourth-order valence-corrected chi connectivity index (χ4v) is 4.92. The highest BCUT2D eigenvalue weighted by molar-refractivity contribution is 6.02. The van der Waals surface area contributed by atoms with Crippen molar-refractivity contribution in [2.24, 2.45) is 0 Å². The summed E-state index contributed by atoms with van der Waals surface area (Å²) in [6, 6.07) is 11.2. The summed E-state index contributed by atoms with van der Waals surface area (Å²) in [5.74, 6) is 0.259. The molecule has 3 heterocycles. The number of carbonyl (C=O) groups excluding carboxylic acids is 3. The molecule has 1 amide bonds. The Morgan fingerprint density at radius 2 is 1.88 bits per heavy atom. The lowest BCUT2D eigenvalue weighted by atomic mass is 9.85. The second-order valence-corrected chi connectivity index (χ2v) is 10.8. The number of nitrogens with one attached hydrogen (secondary N) is 1. The monoisotopic (exact) mass is 546 g/mol. The molecule has 0 radical (unpaired) electrons. The van der Waals surface area contributed by atoms with Crippen molar-refractivity contribution in [1.29, 1.82) is 0 Å². The second kappa shape index (κ2) is 10.7. The molecule has 208 valence electrons. The van der Waals surface area contributed by atoms with Crippen molar-refractivity contribution in [3.63, 3.8) is 0 Å². The number of aromatic nitrogens is 1. The van der Waals surface area contributed by atoms with Crippen molar-refractivity contribution in [2.75, 3.05) is 20.3 Å². The molecule has 5 rings (SSSR count). The van der Waals surface area contributed by atoms with Gasteiger partial charge in [0, 0.05) is 47.9 Å². The van der Waals surface area contributed by atoms with E-state index >= 15 is 0 Å². The number of aryl methyl sites for hydroxylation is 1. The second-order valence-electron chi connectivity index (χ2n) is 10.8. The van der Waals surface area contributed by atoms with Gasteiger partial charge in [-0.3, -0.25) is 14.4 Å². The number of amides is 1. The summed E-state index contributed by atoms with van der Waals surface area (Å²) in [7, 11) is 1.46. The minimum Gasteiger partial charge on any atom is -0.493 e. The van der Waals surface area contributed by atoms with Gasteiger partial charge < -0.3 is 19.5 Å². The summed E-state index contributed by atoms with van der Waals surface area (Å²) in [5, 5.41) is 2.72. The molecular formula is C31H31FN2O6. The lowest BCUT2D eigenvalue weighted by molar-refractivity contribution is -0.124. The standard InChI is InChI=1S/C31H31FN2O6/c1-17-13-19(5-7-21(17)32)28-29-20(31(2,3)16-39-29)15-22(34-28)24(36)9-8-23(35)18-6-10-25(27(14-18)38-4)40-26-11-12-33-30(26)37/h5-7,10,13-15,26H,8-9,11-12,16H2,1-4H3,(H,33,37). The number of hydrogen-bond acceptors (Lipinski definition) is 7. The molecule has 0 spiro atoms. The first-order valence-corrected chi connectivity index (χ1v) is 13.2. The molecule has 2 aliphatic rings. The van der Waals surface area contributed by atoms with Crippen molar-refractivity contribution in [3.05, 3.63) is 70.7 Å². The van der Waals surface area contributed by atoms with Crippen LogP contribution in [0.4, 0.5) is 4.39 Å². The highest BCUT2D eigenvalue weighted by atomic mass is 19.1. The number of hydrogen-bond donors (Lipinski definition) is 1. The topological polar surface area (TPSA) is 104 Å². The van der Waals surface area contributed by atoms with Crippen LogP contribution >= 0.6 is 0 Å². The van der Waals surface area contributed by atoms with Crippen molar-refractivity contribution < 1.29 is 33.0 Å². The van der Waals surface area contributed by atoms with Crippen LogP contribution in [0.5, 0.6) is 17.2 Å². The molecule has 1 aromatic heterocycles. The van der Waals surface area contributed by atoms with E-state index in [4.69, 9.17) is 14.2 Å². The largest absolute Gasteiger partial charge is 0.493 e. The average molecular weight is 547 g/mol. The van der Waals surface area contributed by atoms with Crippen LogP contribution in [0.3, 0.4) is 0 Å². The van der Waals surface area contributed by atoms with Crippen LogP contribution in [0.1, 0.15) is 65.1 Å². The third-order valence-electron chi connectivity index (χ3n) is 7.33. The third-order valence-corrected chi connectivity index (χ3v) is 7.33. The van der Waals surface area contributed by atoms with Crippen LogP contribution in [0.25, 0.3) is 11.3 Å². The number of ether oxygens (including phenoxy) is 3. The zero-order valence-electron chi connectivity index (χ0n) is 22.9. The molecule has 0 saturated carbocycles. The Hall–Kier alpha value is -4.27. The van der Waals surface area contributed by atoms with Crippen LogP contribution in [0.2, 0.25) is 0 Å². The number of rotatable bonds is 9. The summed E-state index contributed by atoms with van der Waals surface area (Å²) in [6.07, 6.45) is -0.132. The van der Waals surface area contributed by atoms with E-state index in [2.05, 4.69) is 10.3 Å². The van der Waals surface area contributed by atoms with E-state index in [0.717, 1.165) is 5.56 Å². The van der Waals surface area contributed by atoms with Gasteiger partial charge in [-0.25, -0.2) is 9.37 Å². The first kappa shape index (κ1) is 27.3. The van der Waals surface area contributed by atoms with E-state index in [1.807, 2.05) is 13.8 Å². The molecule has 1 unspecified atom stereocenters. The van der Waals surface area contributed by atoms with Gasteiger partial charge in [0.2, 0.25) is 0 Å². The molecule has 1 fully saturated rings. The maximum Gasteiger partial charge on any atom is 0.261 e. The van der Waals surface area contributed by atoms with Gasteiger partial charge in [-0.1, -0.05) is 13.8 Å². The van der Waals surface area contributed by atoms with Gasteiger partial charge >= 0.3 is 0 Å². The van der Waals surface area contributed by atoms with Crippen molar-refractivity contribution >= 4 is 17.5 Å². The number of carbonyl (C=O) groups is 3. The number of ketones is 2. The molecule has 1 saturated heterocycles. The first-order chi connectivity index (χ1) is 19.1. The predicted molar refractivity (Wildman–Crippen MR) is 146 cm³/mol. The molecule has 8 nitrogen and oxygen atoms in total. The summed E-state index contributed by atoms with van der Waals surface area (Å²) < 4.78 is 31.1. The van der Waals surface area contributed by atoms with E-state index in [9.17, 15) is 18.8 Å². The van der Waals surface area contributed by atoms with Crippen LogP contribution in [0, 0.1) is 12.7 Å². The zero-order chi connectivity index (χ0) is 28.6. The van der Waals surface area contributed by atoms with E-state index in [1.165, 1.54) is 13.2 Å². The molecule has 3 aromatic rings. The smallest absolute Gasteiger partial charge is 0.261 e. The Labute approximate surface area is 231 Å². The number of methoxy groups -OCH3 is 1. The minimum absolute atomic E-state index is 0.0309. The normalized spacial score (nSPS) is 17.1. The number of halogens is 1. The van der Waals surface area contributed by atoms with Crippen molar-refractivity contribution in [3.8, 4) is 28.5 Å². The van der Waals surface area contributed by atoms with E-state index in [1.54, 1.807) is 43.3 Å². The molecule has 2 aliphatic heterocycles. The number of pyridine rings is 1. The Balaban J connectivity index is 1.35. The highest BCUT2D eigenvalue weighted by Gasteiger charge is 2.36. The highest BCUT2D eigenvalue weighted by Crippen LogP contribution is 2.44. The Bertz CT molecular complexity index is 1520. The maximum atomic E-state index is 13.9. The van der Waals surface area contributed by atoms with E-state index < -0.39 is 6.10 Å². The molecule has 40 heavy (non-hydrogen) atoms. The lowest BCUT2D eigenvalue weighted by Gasteiger charge is -2.17. The molecular weight excluding hydrogens is 515 g/mol. The van der Waals surface area contributed by atoms with E-state index in [0.29, 0.717) is 59.2 Å². The molecule has 0 bridgehead atoms. The number of fused-ring (bicyclic) bond motifs is 1. The SMILES string of the molecule is COc1cc(C(=O)CCC(=O)c2cc3c(c(-c4ccc(F)c(C)c4)n2)OCC3(C)C)ccc1OC1CCNC1=O. The summed E-state index contributed by atoms with van der Waals surface area (Å²) in [5.41, 5.74) is 2.72. The minimum atomic E-state index is -0.605. The molecule has 0 aliphatic carbocycles. The predicted octanol–water partition coefficient (Wildman–Crippen LogP) is 4.99. The Morgan fingerprint density at radius 1 is 1.10 bits per heavy atom. The zero-order valence-corrected chi connectivity index (χ0v) is 22.9.